The van der Waals surface area contributed by atoms with Crippen LogP contribution in [0.15, 0.2) is 23.1 Å². The van der Waals surface area contributed by atoms with Crippen LogP contribution in [0.25, 0.3) is 0 Å². The van der Waals surface area contributed by atoms with E-state index in [4.69, 9.17) is 9.84 Å². The lowest BCUT2D eigenvalue weighted by molar-refractivity contribution is 0.0250. The number of hydrogen-bond donors (Lipinski definition) is 2. The summed E-state index contributed by atoms with van der Waals surface area (Å²) in [7, 11) is -3.77. The number of hydrogen-bond acceptors (Lipinski definition) is 4. The molecule has 116 valence electrons. The van der Waals surface area contributed by atoms with E-state index in [2.05, 4.69) is 4.72 Å². The fourth-order valence-corrected chi connectivity index (χ4v) is 3.86. The molecule has 0 amide bonds. The van der Waals surface area contributed by atoms with E-state index in [1.54, 1.807) is 0 Å². The van der Waals surface area contributed by atoms with Crippen LogP contribution >= 0.6 is 0 Å². The molecule has 1 fully saturated rings. The van der Waals surface area contributed by atoms with Gasteiger partial charge in [0.15, 0.2) is 0 Å². The van der Waals surface area contributed by atoms with Gasteiger partial charge in [-0.3, -0.25) is 0 Å². The Hall–Kier alpha value is -1.44. The van der Waals surface area contributed by atoms with E-state index >= 15 is 0 Å². The molecule has 7 heteroatoms. The monoisotopic (exact) mass is 313 g/mol. The Bertz CT molecular complexity index is 647. The smallest absolute Gasteiger partial charge is 0.335 e. The minimum atomic E-state index is -3.77. The third-order valence-electron chi connectivity index (χ3n) is 3.74. The predicted octanol–water partition coefficient (Wildman–Crippen LogP) is 1.54. The van der Waals surface area contributed by atoms with Gasteiger partial charge in [0.1, 0.15) is 0 Å². The second-order valence-corrected chi connectivity index (χ2v) is 7.20. The van der Waals surface area contributed by atoms with Gasteiger partial charge in [-0.1, -0.05) is 6.07 Å². The van der Waals surface area contributed by atoms with E-state index < -0.39 is 21.6 Å². The van der Waals surface area contributed by atoms with Gasteiger partial charge in [0.05, 0.1) is 16.1 Å². The van der Waals surface area contributed by atoms with Crippen LogP contribution in [-0.2, 0) is 14.8 Å². The lowest BCUT2D eigenvalue weighted by Gasteiger charge is -2.23. The van der Waals surface area contributed by atoms with E-state index in [0.29, 0.717) is 6.61 Å². The summed E-state index contributed by atoms with van der Waals surface area (Å²) in [5.41, 5.74) is -0.276. The molecule has 0 aromatic heterocycles. The average Bonchev–Trinajstić information content (AvgIpc) is 2.84. The van der Waals surface area contributed by atoms with Crippen molar-refractivity contribution >= 4 is 16.0 Å². The number of aromatic carboxylic acids is 1. The molecular formula is C14H19NO5S. The van der Waals surface area contributed by atoms with E-state index in [-0.39, 0.29) is 22.6 Å². The van der Waals surface area contributed by atoms with Crippen molar-refractivity contribution in [1.82, 2.24) is 4.72 Å². The van der Waals surface area contributed by atoms with Crippen molar-refractivity contribution in [2.24, 2.45) is 0 Å². The van der Waals surface area contributed by atoms with Crippen molar-refractivity contribution in [1.29, 1.82) is 0 Å². The highest BCUT2D eigenvalue weighted by atomic mass is 32.2. The van der Waals surface area contributed by atoms with Crippen molar-refractivity contribution in [3.63, 3.8) is 0 Å². The summed E-state index contributed by atoms with van der Waals surface area (Å²) in [6, 6.07) is 4.22. The number of benzene rings is 1. The van der Waals surface area contributed by atoms with Crippen LogP contribution < -0.4 is 4.72 Å². The summed E-state index contributed by atoms with van der Waals surface area (Å²) in [6.45, 7) is 4.16. The first-order valence-corrected chi connectivity index (χ1v) is 8.20. The molecule has 0 radical (unpaired) electrons. The molecule has 1 heterocycles. The normalized spacial score (nSPS) is 22.4. The van der Waals surface area contributed by atoms with Crippen LogP contribution in [-0.4, -0.2) is 38.2 Å². The minimum absolute atomic E-state index is 0.0102. The van der Waals surface area contributed by atoms with Crippen molar-refractivity contribution in [2.45, 2.75) is 37.2 Å². The predicted molar refractivity (Wildman–Crippen MR) is 76.9 cm³/mol. The molecule has 2 rings (SSSR count). The van der Waals surface area contributed by atoms with Crippen molar-refractivity contribution in [2.75, 3.05) is 13.2 Å². The van der Waals surface area contributed by atoms with Gasteiger partial charge in [-0.2, -0.15) is 0 Å². The van der Waals surface area contributed by atoms with Gasteiger partial charge in [-0.25, -0.2) is 17.9 Å². The summed E-state index contributed by atoms with van der Waals surface area (Å²) in [5, 5.41) is 9.06. The SMILES string of the molecule is Cc1c(C(=O)O)cccc1S(=O)(=O)NCC1(C)CCCO1. The fourth-order valence-electron chi connectivity index (χ4n) is 2.44. The second kappa shape index (κ2) is 5.75. The highest BCUT2D eigenvalue weighted by molar-refractivity contribution is 7.89. The lowest BCUT2D eigenvalue weighted by atomic mass is 10.0. The second-order valence-electron chi connectivity index (χ2n) is 5.46. The van der Waals surface area contributed by atoms with Gasteiger partial charge in [0.25, 0.3) is 0 Å². The Morgan fingerprint density at radius 2 is 2.19 bits per heavy atom. The zero-order valence-electron chi connectivity index (χ0n) is 12.0. The molecule has 1 aromatic carbocycles. The molecule has 0 spiro atoms. The first kappa shape index (κ1) is 15.9. The Morgan fingerprint density at radius 1 is 1.48 bits per heavy atom. The number of carbonyl (C=O) groups is 1. The molecule has 0 bridgehead atoms. The number of sulfonamides is 1. The highest BCUT2D eigenvalue weighted by Crippen LogP contribution is 2.25. The summed E-state index contributed by atoms with van der Waals surface area (Å²) >= 11 is 0. The van der Waals surface area contributed by atoms with Crippen molar-refractivity contribution in [3.8, 4) is 0 Å². The van der Waals surface area contributed by atoms with E-state index in [1.165, 1.54) is 25.1 Å². The molecule has 1 aliphatic heterocycles. The molecule has 1 saturated heterocycles. The minimum Gasteiger partial charge on any atom is -0.478 e. The number of carboxylic acid groups (broad SMARTS) is 1. The maximum absolute atomic E-state index is 12.4. The van der Waals surface area contributed by atoms with Gasteiger partial charge < -0.3 is 9.84 Å². The summed E-state index contributed by atoms with van der Waals surface area (Å²) in [5.74, 6) is -1.14. The third-order valence-corrected chi connectivity index (χ3v) is 5.29. The maximum Gasteiger partial charge on any atom is 0.335 e. The molecule has 1 atom stereocenters. The molecule has 6 nitrogen and oxygen atoms in total. The van der Waals surface area contributed by atoms with Gasteiger partial charge >= 0.3 is 5.97 Å². The largest absolute Gasteiger partial charge is 0.478 e. The quantitative estimate of drug-likeness (QED) is 0.860. The standard InChI is InChI=1S/C14H19NO5S/c1-10-11(13(16)17)5-3-6-12(10)21(18,19)15-9-14(2)7-4-8-20-14/h3,5-6,15H,4,7-9H2,1-2H3,(H,16,17). The van der Waals surface area contributed by atoms with Crippen molar-refractivity contribution in [3.05, 3.63) is 29.3 Å². The van der Waals surface area contributed by atoms with Crippen LogP contribution in [0.5, 0.6) is 0 Å². The van der Waals surface area contributed by atoms with Gasteiger partial charge in [-0.05, 0) is 44.4 Å². The van der Waals surface area contributed by atoms with Crippen LogP contribution in [0.4, 0.5) is 0 Å². The van der Waals surface area contributed by atoms with Crippen molar-refractivity contribution < 1.29 is 23.1 Å². The van der Waals surface area contributed by atoms with Gasteiger partial charge in [-0.15, -0.1) is 0 Å². The Balaban J connectivity index is 2.24. The molecule has 2 N–H and O–H groups in total. The van der Waals surface area contributed by atoms with E-state index in [1.807, 2.05) is 6.92 Å². The van der Waals surface area contributed by atoms with Crippen LogP contribution in [0.3, 0.4) is 0 Å². The molecule has 21 heavy (non-hydrogen) atoms. The average molecular weight is 313 g/mol. The Kier molecular flexibility index (Phi) is 4.36. The van der Waals surface area contributed by atoms with Gasteiger partial charge in [0, 0.05) is 13.2 Å². The molecule has 1 aliphatic rings. The summed E-state index contributed by atoms with van der Waals surface area (Å²) in [4.78, 5) is 11.1. The maximum atomic E-state index is 12.4. The molecule has 0 aliphatic carbocycles. The summed E-state index contributed by atoms with van der Waals surface area (Å²) in [6.07, 6.45) is 1.70. The number of nitrogens with one attached hydrogen (secondary N) is 1. The Morgan fingerprint density at radius 3 is 2.76 bits per heavy atom. The molecule has 1 aromatic rings. The third kappa shape index (κ3) is 3.42. The fraction of sp³-hybridized carbons (Fsp3) is 0.500. The topological polar surface area (TPSA) is 92.7 Å². The molecular weight excluding hydrogens is 294 g/mol. The van der Waals surface area contributed by atoms with Crippen LogP contribution in [0.2, 0.25) is 0 Å². The first-order valence-electron chi connectivity index (χ1n) is 6.72. The number of rotatable bonds is 5. The highest BCUT2D eigenvalue weighted by Gasteiger charge is 2.32. The lowest BCUT2D eigenvalue weighted by Crippen LogP contribution is -2.40. The number of carboxylic acids is 1. The summed E-state index contributed by atoms with van der Waals surface area (Å²) < 4.78 is 32.8. The van der Waals surface area contributed by atoms with Gasteiger partial charge in [0.2, 0.25) is 10.0 Å². The van der Waals surface area contributed by atoms with Crippen LogP contribution in [0, 0.1) is 6.92 Å². The number of ether oxygens (including phenoxy) is 1. The Labute approximate surface area is 124 Å². The first-order chi connectivity index (χ1) is 9.75. The zero-order valence-corrected chi connectivity index (χ0v) is 12.9. The molecule has 0 saturated carbocycles. The van der Waals surface area contributed by atoms with E-state index in [0.717, 1.165) is 12.8 Å². The van der Waals surface area contributed by atoms with Crippen LogP contribution in [0.1, 0.15) is 35.7 Å². The van der Waals surface area contributed by atoms with E-state index in [9.17, 15) is 13.2 Å². The molecule has 1 unspecified atom stereocenters. The zero-order chi connectivity index (χ0) is 15.7.